The molecule has 1 saturated carbocycles. The van der Waals surface area contributed by atoms with Gasteiger partial charge in [0.2, 0.25) is 0 Å². The summed E-state index contributed by atoms with van der Waals surface area (Å²) in [6, 6.07) is 2.01. The maximum absolute atomic E-state index is 5.59. The van der Waals surface area contributed by atoms with Gasteiger partial charge in [-0.1, -0.05) is 31.8 Å². The van der Waals surface area contributed by atoms with Crippen LogP contribution in [-0.4, -0.2) is 37.9 Å². The van der Waals surface area contributed by atoms with Crippen LogP contribution in [0.25, 0.3) is 0 Å². The molecule has 0 aliphatic heterocycles. The van der Waals surface area contributed by atoms with Gasteiger partial charge in [0.15, 0.2) is 11.7 Å². The van der Waals surface area contributed by atoms with Crippen molar-refractivity contribution in [3.8, 4) is 0 Å². The number of halogens is 1. The van der Waals surface area contributed by atoms with Crippen molar-refractivity contribution in [1.82, 2.24) is 15.8 Å². The molecule has 26 heavy (non-hydrogen) atoms. The number of ether oxygens (including phenoxy) is 1. The lowest BCUT2D eigenvalue weighted by Gasteiger charge is -2.30. The predicted molar refractivity (Wildman–Crippen MR) is 116 cm³/mol. The summed E-state index contributed by atoms with van der Waals surface area (Å²) < 4.78 is 11.0. The van der Waals surface area contributed by atoms with Crippen molar-refractivity contribution in [2.45, 2.75) is 65.3 Å². The molecule has 2 rings (SSSR count). The van der Waals surface area contributed by atoms with Crippen molar-refractivity contribution >= 4 is 29.9 Å². The second-order valence-corrected chi connectivity index (χ2v) is 7.31. The van der Waals surface area contributed by atoms with E-state index in [1.165, 1.54) is 25.7 Å². The molecule has 7 heteroatoms. The van der Waals surface area contributed by atoms with Crippen LogP contribution in [0.15, 0.2) is 15.6 Å². The maximum Gasteiger partial charge on any atom is 0.191 e. The number of aromatic nitrogens is 1. The molecule has 0 bridgehead atoms. The molecule has 0 amide bonds. The van der Waals surface area contributed by atoms with Crippen molar-refractivity contribution < 1.29 is 9.26 Å². The highest BCUT2D eigenvalue weighted by molar-refractivity contribution is 14.0. The van der Waals surface area contributed by atoms with E-state index in [1.54, 1.807) is 7.05 Å². The summed E-state index contributed by atoms with van der Waals surface area (Å²) in [7, 11) is 1.80. The number of hydrogen-bond acceptors (Lipinski definition) is 4. The molecule has 0 atom stereocenters. The number of aliphatic imine (C=N–C) groups is 1. The van der Waals surface area contributed by atoms with Crippen molar-refractivity contribution in [1.29, 1.82) is 0 Å². The second kappa shape index (κ2) is 11.8. The third-order valence-corrected chi connectivity index (χ3v) is 5.10. The topological polar surface area (TPSA) is 71.7 Å². The summed E-state index contributed by atoms with van der Waals surface area (Å²) in [5.74, 6) is 2.02. The zero-order valence-electron chi connectivity index (χ0n) is 16.6. The van der Waals surface area contributed by atoms with Crippen LogP contribution in [0.1, 0.15) is 70.2 Å². The van der Waals surface area contributed by atoms with E-state index in [1.807, 2.05) is 6.07 Å². The van der Waals surface area contributed by atoms with Gasteiger partial charge in [0.25, 0.3) is 0 Å². The van der Waals surface area contributed by atoms with Gasteiger partial charge >= 0.3 is 0 Å². The predicted octanol–water partition coefficient (Wildman–Crippen LogP) is 4.07. The zero-order chi connectivity index (χ0) is 18.1. The monoisotopic (exact) mass is 478 g/mol. The summed E-state index contributed by atoms with van der Waals surface area (Å²) >= 11 is 0. The number of nitrogens with one attached hydrogen (secondary N) is 2. The third kappa shape index (κ3) is 7.06. The Kier molecular flexibility index (Phi) is 10.5. The SMILES string of the molecule is CCOCCC1(CNC(=NC)NCc2cc(C(C)C)no2)CCCC1.I. The van der Waals surface area contributed by atoms with E-state index < -0.39 is 0 Å². The minimum absolute atomic E-state index is 0. The lowest BCUT2D eigenvalue weighted by atomic mass is 9.83. The number of hydrogen-bond donors (Lipinski definition) is 2. The fraction of sp³-hybridized carbons (Fsp3) is 0.789. The molecule has 1 aliphatic rings. The fourth-order valence-corrected chi connectivity index (χ4v) is 3.42. The standard InChI is InChI=1S/C19H34N4O2.HI/c1-5-24-11-10-19(8-6-7-9-19)14-22-18(20-4)21-13-16-12-17(15(2)3)23-25-16;/h12,15H,5-11,13-14H2,1-4H3,(H2,20,21,22);1H. The van der Waals surface area contributed by atoms with Gasteiger partial charge in [-0.25, -0.2) is 0 Å². The van der Waals surface area contributed by atoms with Gasteiger partial charge in [0.05, 0.1) is 12.2 Å². The van der Waals surface area contributed by atoms with Crippen molar-refractivity contribution in [2.24, 2.45) is 10.4 Å². The molecule has 1 aromatic rings. The second-order valence-electron chi connectivity index (χ2n) is 7.31. The third-order valence-electron chi connectivity index (χ3n) is 5.10. The first-order valence-electron chi connectivity index (χ1n) is 9.56. The first-order chi connectivity index (χ1) is 12.1. The number of nitrogens with zero attached hydrogens (tertiary/aromatic N) is 2. The van der Waals surface area contributed by atoms with Crippen molar-refractivity contribution in [3.05, 3.63) is 17.5 Å². The average molecular weight is 478 g/mol. The van der Waals surface area contributed by atoms with Crippen LogP contribution >= 0.6 is 24.0 Å². The van der Waals surface area contributed by atoms with Gasteiger partial charge in [-0.2, -0.15) is 0 Å². The highest BCUT2D eigenvalue weighted by Gasteiger charge is 2.33. The molecular weight excluding hydrogens is 443 g/mol. The largest absolute Gasteiger partial charge is 0.382 e. The normalized spacial score (nSPS) is 16.6. The molecule has 6 nitrogen and oxygen atoms in total. The molecule has 0 spiro atoms. The maximum atomic E-state index is 5.59. The molecule has 0 saturated heterocycles. The quantitative estimate of drug-likeness (QED) is 0.242. The first kappa shape index (κ1) is 23.2. The summed E-state index contributed by atoms with van der Waals surface area (Å²) in [6.07, 6.45) is 6.28. The van der Waals surface area contributed by atoms with Crippen LogP contribution in [0.2, 0.25) is 0 Å². The van der Waals surface area contributed by atoms with Crippen LogP contribution in [0.5, 0.6) is 0 Å². The van der Waals surface area contributed by atoms with Crippen molar-refractivity contribution in [3.63, 3.8) is 0 Å². The summed E-state index contributed by atoms with van der Waals surface area (Å²) in [4.78, 5) is 4.33. The van der Waals surface area contributed by atoms with Crippen LogP contribution in [0, 0.1) is 5.41 Å². The van der Waals surface area contributed by atoms with E-state index in [4.69, 9.17) is 9.26 Å². The van der Waals surface area contributed by atoms with Gasteiger partial charge < -0.3 is 19.9 Å². The zero-order valence-corrected chi connectivity index (χ0v) is 19.0. The van der Waals surface area contributed by atoms with Gasteiger partial charge in [0, 0.05) is 32.9 Å². The number of guanidine groups is 1. The molecule has 0 radical (unpaired) electrons. The Hall–Kier alpha value is -0.830. The van der Waals surface area contributed by atoms with Crippen LogP contribution < -0.4 is 10.6 Å². The van der Waals surface area contributed by atoms with Crippen LogP contribution in [0.3, 0.4) is 0 Å². The van der Waals surface area contributed by atoms with Crippen LogP contribution in [0.4, 0.5) is 0 Å². The molecule has 0 unspecified atom stereocenters. The Bertz CT molecular complexity index is 539. The van der Waals surface area contributed by atoms with E-state index in [2.05, 4.69) is 41.6 Å². The summed E-state index contributed by atoms with van der Waals surface area (Å²) in [5, 5.41) is 10.9. The molecule has 1 fully saturated rings. The lowest BCUT2D eigenvalue weighted by molar-refractivity contribution is 0.105. The smallest absolute Gasteiger partial charge is 0.191 e. The molecule has 1 heterocycles. The molecule has 0 aromatic carbocycles. The Balaban J connectivity index is 0.00000338. The van der Waals surface area contributed by atoms with E-state index >= 15 is 0 Å². The van der Waals surface area contributed by atoms with Crippen molar-refractivity contribution in [2.75, 3.05) is 26.8 Å². The molecule has 1 aromatic heterocycles. The Morgan fingerprint density at radius 1 is 1.35 bits per heavy atom. The number of rotatable bonds is 9. The summed E-state index contributed by atoms with van der Waals surface area (Å²) in [5.41, 5.74) is 1.32. The molecule has 1 aliphatic carbocycles. The average Bonchev–Trinajstić information content (AvgIpc) is 3.25. The Morgan fingerprint density at radius 3 is 2.65 bits per heavy atom. The Labute approximate surface area is 174 Å². The van der Waals surface area contributed by atoms with E-state index in [0.29, 0.717) is 17.9 Å². The van der Waals surface area contributed by atoms with Gasteiger partial charge in [-0.3, -0.25) is 4.99 Å². The highest BCUT2D eigenvalue weighted by Crippen LogP contribution is 2.40. The van der Waals surface area contributed by atoms with Gasteiger partial charge in [-0.15, -0.1) is 24.0 Å². The lowest BCUT2D eigenvalue weighted by Crippen LogP contribution is -2.43. The molecule has 150 valence electrons. The van der Waals surface area contributed by atoms with Gasteiger partial charge in [-0.05, 0) is 37.5 Å². The fourth-order valence-electron chi connectivity index (χ4n) is 3.42. The van der Waals surface area contributed by atoms with E-state index in [9.17, 15) is 0 Å². The Morgan fingerprint density at radius 2 is 2.08 bits per heavy atom. The summed E-state index contributed by atoms with van der Waals surface area (Å²) in [6.45, 7) is 9.44. The van der Waals surface area contributed by atoms with Gasteiger partial charge in [0.1, 0.15) is 0 Å². The van der Waals surface area contributed by atoms with Crippen LogP contribution in [-0.2, 0) is 11.3 Å². The minimum atomic E-state index is 0. The minimum Gasteiger partial charge on any atom is -0.382 e. The van der Waals surface area contributed by atoms with E-state index in [-0.39, 0.29) is 24.0 Å². The highest BCUT2D eigenvalue weighted by atomic mass is 127. The van der Waals surface area contributed by atoms with E-state index in [0.717, 1.165) is 43.6 Å². The first-order valence-corrected chi connectivity index (χ1v) is 9.56. The molecular formula is C19H35IN4O2. The molecule has 2 N–H and O–H groups in total.